The number of ketones is 1. The van der Waals surface area contributed by atoms with Gasteiger partial charge in [-0.05, 0) is 48.1 Å². The van der Waals surface area contributed by atoms with Crippen molar-refractivity contribution in [3.63, 3.8) is 0 Å². The van der Waals surface area contributed by atoms with Gasteiger partial charge in [-0.1, -0.05) is 67.1 Å². The maximum absolute atomic E-state index is 13.6. The van der Waals surface area contributed by atoms with Crippen LogP contribution in [0.5, 0.6) is 0 Å². The van der Waals surface area contributed by atoms with Crippen LogP contribution in [-0.4, -0.2) is 10.4 Å². The second kappa shape index (κ2) is 7.48. The maximum atomic E-state index is 13.6. The monoisotopic (exact) mass is 446 g/mol. The van der Waals surface area contributed by atoms with Crippen LogP contribution in [-0.2, 0) is 4.79 Å². The Balaban J connectivity index is 1.76. The molecule has 2 aromatic carbocycles. The molecule has 0 fully saturated rings. The molecule has 162 valence electrons. The fraction of sp³-hybridized carbons (Fsp3) is 0.269. The van der Waals surface area contributed by atoms with Gasteiger partial charge in [0.05, 0.1) is 16.3 Å². The molecule has 32 heavy (non-hydrogen) atoms. The van der Waals surface area contributed by atoms with Crippen LogP contribution < -0.4 is 14.9 Å². The van der Waals surface area contributed by atoms with E-state index in [0.29, 0.717) is 33.3 Å². The van der Waals surface area contributed by atoms with Gasteiger partial charge >= 0.3 is 0 Å². The topological polar surface area (TPSA) is 51.4 Å². The second-order valence-corrected chi connectivity index (χ2v) is 10.4. The van der Waals surface area contributed by atoms with Crippen LogP contribution in [0.3, 0.4) is 0 Å². The zero-order chi connectivity index (χ0) is 22.6. The lowest BCUT2D eigenvalue weighted by Crippen LogP contribution is -2.42. The van der Waals surface area contributed by atoms with Crippen LogP contribution in [0, 0.1) is 18.2 Å². The normalized spacial score (nSPS) is 20.1. The Morgan fingerprint density at radius 2 is 1.75 bits per heavy atom. The van der Waals surface area contributed by atoms with Crippen LogP contribution in [0.2, 0.25) is 0 Å². The van der Waals surface area contributed by atoms with Gasteiger partial charge in [-0.3, -0.25) is 14.2 Å². The van der Waals surface area contributed by atoms with Gasteiger partial charge in [0.25, 0.3) is 5.56 Å². The number of hydrogen-bond acceptors (Lipinski definition) is 4. The first kappa shape index (κ1) is 20.8. The lowest BCUT2D eigenvalue weighted by atomic mass is 9.73. The number of nitrogens with zero attached hydrogens (tertiary/aromatic N) is 2. The SMILES string of the molecule is Cc1ccc(C=c2sc3n(c2=O)C(c2ccc(F)cc2)C2=C(CC(C)(C)CC2=O)N=3)cc1. The third-order valence-electron chi connectivity index (χ3n) is 6.06. The number of carbonyl (C=O) groups excluding carboxylic acids is 1. The standard InChI is InChI=1S/C26H23FN2O2S/c1-15-4-6-16(7-5-15)12-21-24(31)29-23(17-8-10-18(27)11-9-17)22-19(28-25(29)32-21)13-26(2,3)14-20(22)30/h4-12,23H,13-14H2,1-3H3. The molecule has 1 aliphatic carbocycles. The highest BCUT2D eigenvalue weighted by molar-refractivity contribution is 7.07. The molecule has 0 radical (unpaired) electrons. The number of aryl methyl sites for hydroxylation is 1. The van der Waals surface area contributed by atoms with Gasteiger partial charge in [0.2, 0.25) is 0 Å². The second-order valence-electron chi connectivity index (χ2n) is 9.35. The molecule has 1 atom stereocenters. The minimum absolute atomic E-state index is 0.00198. The molecule has 0 bridgehead atoms. The van der Waals surface area contributed by atoms with E-state index in [1.165, 1.54) is 23.5 Å². The van der Waals surface area contributed by atoms with Crippen molar-refractivity contribution in [2.75, 3.05) is 0 Å². The summed E-state index contributed by atoms with van der Waals surface area (Å²) in [6.45, 7) is 6.14. The van der Waals surface area contributed by atoms with Crippen LogP contribution in [0.4, 0.5) is 4.39 Å². The van der Waals surface area contributed by atoms with Crippen molar-refractivity contribution in [1.82, 2.24) is 4.57 Å². The average molecular weight is 447 g/mol. The molecule has 0 saturated heterocycles. The molecule has 0 amide bonds. The minimum Gasteiger partial charge on any atom is -0.294 e. The van der Waals surface area contributed by atoms with Crippen molar-refractivity contribution in [2.45, 2.75) is 39.7 Å². The fourth-order valence-electron chi connectivity index (χ4n) is 4.52. The van der Waals surface area contributed by atoms with Gasteiger partial charge in [-0.2, -0.15) is 0 Å². The number of halogens is 1. The largest absolute Gasteiger partial charge is 0.294 e. The molecule has 1 aromatic heterocycles. The molecule has 3 aromatic rings. The van der Waals surface area contributed by atoms with Crippen molar-refractivity contribution in [3.05, 3.63) is 102 Å². The third kappa shape index (κ3) is 3.58. The predicted octanol–water partition coefficient (Wildman–Crippen LogP) is 4.05. The van der Waals surface area contributed by atoms with E-state index in [9.17, 15) is 14.0 Å². The van der Waals surface area contributed by atoms with Crippen LogP contribution in [0.15, 0.2) is 69.6 Å². The lowest BCUT2D eigenvalue weighted by Gasteiger charge is -2.35. The molecule has 0 saturated carbocycles. The summed E-state index contributed by atoms with van der Waals surface area (Å²) in [7, 11) is 0. The summed E-state index contributed by atoms with van der Waals surface area (Å²) in [4.78, 5) is 32.1. The van der Waals surface area contributed by atoms with Gasteiger partial charge < -0.3 is 0 Å². The number of rotatable bonds is 2. The summed E-state index contributed by atoms with van der Waals surface area (Å²) in [5.41, 5.74) is 3.71. The molecule has 2 heterocycles. The van der Waals surface area contributed by atoms with E-state index in [4.69, 9.17) is 4.99 Å². The smallest absolute Gasteiger partial charge is 0.271 e. The summed E-state index contributed by atoms with van der Waals surface area (Å²) in [6, 6.07) is 13.4. The number of benzene rings is 2. The van der Waals surface area contributed by atoms with Crippen molar-refractivity contribution in [3.8, 4) is 0 Å². The molecule has 4 nitrogen and oxygen atoms in total. The van der Waals surface area contributed by atoms with Crippen molar-refractivity contribution >= 4 is 23.2 Å². The number of thiazole rings is 1. The number of hydrogen-bond donors (Lipinski definition) is 0. The van der Waals surface area contributed by atoms with Gasteiger partial charge in [0.15, 0.2) is 10.6 Å². The first-order valence-electron chi connectivity index (χ1n) is 10.6. The summed E-state index contributed by atoms with van der Waals surface area (Å²) in [6.07, 6.45) is 2.92. The van der Waals surface area contributed by atoms with Crippen molar-refractivity contribution in [1.29, 1.82) is 0 Å². The quantitative estimate of drug-likeness (QED) is 0.596. The Morgan fingerprint density at radius 3 is 2.44 bits per heavy atom. The van der Waals surface area contributed by atoms with Crippen molar-refractivity contribution < 1.29 is 9.18 Å². The number of fused-ring (bicyclic) bond motifs is 1. The predicted molar refractivity (Wildman–Crippen MR) is 124 cm³/mol. The summed E-state index contributed by atoms with van der Waals surface area (Å²) < 4.78 is 15.8. The summed E-state index contributed by atoms with van der Waals surface area (Å²) >= 11 is 1.33. The van der Waals surface area contributed by atoms with E-state index >= 15 is 0 Å². The van der Waals surface area contributed by atoms with Crippen LogP contribution in [0.25, 0.3) is 6.08 Å². The highest BCUT2D eigenvalue weighted by Crippen LogP contribution is 2.43. The van der Waals surface area contributed by atoms with E-state index in [1.807, 2.05) is 37.3 Å². The lowest BCUT2D eigenvalue weighted by molar-refractivity contribution is -0.118. The van der Waals surface area contributed by atoms with Gasteiger partial charge in [0.1, 0.15) is 5.82 Å². The highest BCUT2D eigenvalue weighted by Gasteiger charge is 2.40. The molecule has 5 rings (SSSR count). The van der Waals surface area contributed by atoms with Gasteiger partial charge in [-0.25, -0.2) is 9.38 Å². The minimum atomic E-state index is -0.592. The molecule has 0 N–H and O–H groups in total. The zero-order valence-corrected chi connectivity index (χ0v) is 19.0. The van der Waals surface area contributed by atoms with E-state index in [0.717, 1.165) is 16.8 Å². The van der Waals surface area contributed by atoms with Gasteiger partial charge in [0, 0.05) is 12.0 Å². The van der Waals surface area contributed by atoms with E-state index < -0.39 is 6.04 Å². The number of aromatic nitrogens is 1. The Labute approximate surface area is 189 Å². The third-order valence-corrected chi connectivity index (χ3v) is 7.04. The highest BCUT2D eigenvalue weighted by atomic mass is 32.1. The molecule has 1 unspecified atom stereocenters. The fourth-order valence-corrected chi connectivity index (χ4v) is 5.54. The zero-order valence-electron chi connectivity index (χ0n) is 18.2. The van der Waals surface area contributed by atoms with Gasteiger partial charge in [-0.15, -0.1) is 0 Å². The van der Waals surface area contributed by atoms with E-state index in [2.05, 4.69) is 13.8 Å². The maximum Gasteiger partial charge on any atom is 0.271 e. The first-order valence-corrected chi connectivity index (χ1v) is 11.4. The number of allylic oxidation sites excluding steroid dienone is 2. The van der Waals surface area contributed by atoms with E-state index in [1.54, 1.807) is 16.7 Å². The Morgan fingerprint density at radius 1 is 1.06 bits per heavy atom. The molecule has 2 aliphatic rings. The molecule has 0 spiro atoms. The summed E-state index contributed by atoms with van der Waals surface area (Å²) in [5, 5.41) is 0. The molecular formula is C26H23FN2O2S. The van der Waals surface area contributed by atoms with Crippen LogP contribution in [0.1, 0.15) is 49.4 Å². The van der Waals surface area contributed by atoms with E-state index in [-0.39, 0.29) is 22.6 Å². The summed E-state index contributed by atoms with van der Waals surface area (Å²) in [5.74, 6) is -0.354. The number of carbonyl (C=O) groups is 1. The molecular weight excluding hydrogens is 423 g/mol. The van der Waals surface area contributed by atoms with Crippen molar-refractivity contribution in [2.24, 2.45) is 10.4 Å². The van der Waals surface area contributed by atoms with Crippen LogP contribution >= 0.6 is 11.3 Å². The average Bonchev–Trinajstić information content (AvgIpc) is 3.03. The Bertz CT molecular complexity index is 1440. The molecule has 1 aliphatic heterocycles. The Hall–Kier alpha value is -3.12. The molecule has 6 heteroatoms. The Kier molecular flexibility index (Phi) is 4.86. The first-order chi connectivity index (χ1) is 15.2. The number of Topliss-reactive ketones (excluding diaryl/α,β-unsaturated/α-hetero) is 1.